The van der Waals surface area contributed by atoms with Crippen LogP contribution < -0.4 is 0 Å². The average molecular weight is 1020 g/mol. The second kappa shape index (κ2) is 48.1. The predicted octanol–water partition coefficient (Wildman–Crippen LogP) is 13.7. The van der Waals surface area contributed by atoms with Crippen molar-refractivity contribution in [2.45, 2.75) is 225 Å². The van der Waals surface area contributed by atoms with Crippen molar-refractivity contribution in [1.82, 2.24) is 0 Å². The van der Waals surface area contributed by atoms with Crippen molar-refractivity contribution in [2.75, 3.05) is 13.2 Å². The molecule has 12 heteroatoms. The molecule has 0 aromatic heterocycles. The first-order valence-corrected chi connectivity index (χ1v) is 27.5. The molecule has 1 rings (SSSR count). The average Bonchev–Trinajstić information content (AvgIpc) is 3.37. The molecule has 0 aromatic carbocycles. The van der Waals surface area contributed by atoms with Crippen molar-refractivity contribution in [3.05, 3.63) is 122 Å². The summed E-state index contributed by atoms with van der Waals surface area (Å²) in [5.74, 6) is -3.39. The lowest BCUT2D eigenvalue weighted by Crippen LogP contribution is -2.61. The van der Waals surface area contributed by atoms with Crippen LogP contribution in [0.5, 0.6) is 0 Å². The van der Waals surface area contributed by atoms with Crippen molar-refractivity contribution in [3.8, 4) is 0 Å². The van der Waals surface area contributed by atoms with Gasteiger partial charge in [-0.2, -0.15) is 0 Å². The fourth-order valence-corrected chi connectivity index (χ4v) is 7.42. The minimum Gasteiger partial charge on any atom is -0.479 e. The fraction of sp³-hybridized carbons (Fsp3) is 0.607. The van der Waals surface area contributed by atoms with Crippen molar-refractivity contribution < 1.29 is 58.2 Å². The van der Waals surface area contributed by atoms with Gasteiger partial charge >= 0.3 is 23.9 Å². The lowest BCUT2D eigenvalue weighted by molar-refractivity contribution is -0.301. The molecule has 0 saturated carbocycles. The zero-order valence-electron chi connectivity index (χ0n) is 44.8. The summed E-state index contributed by atoms with van der Waals surface area (Å²) in [6.07, 6.45) is 53.6. The number of esters is 3. The number of aliphatic hydroxyl groups excluding tert-OH is 2. The molecule has 410 valence electrons. The van der Waals surface area contributed by atoms with Crippen molar-refractivity contribution in [2.24, 2.45) is 0 Å². The predicted molar refractivity (Wildman–Crippen MR) is 293 cm³/mol. The summed E-state index contributed by atoms with van der Waals surface area (Å²) in [7, 11) is 0. The number of aliphatic carboxylic acids is 1. The van der Waals surface area contributed by atoms with E-state index in [2.05, 4.69) is 106 Å². The SMILES string of the molecule is CC/C=C\C/C=C\C/C=C\C/C=C\C/C=C\CCCC(=O)OCC(COC1OC(C(=O)O)C(O)C(O)C1OC(=O)CCCCCCCCCCCCC)OC(=O)C/C=C\C/C=C\C/C=C\C/C=C\C/C=C\CC. The summed E-state index contributed by atoms with van der Waals surface area (Å²) < 4.78 is 28.1. The van der Waals surface area contributed by atoms with Gasteiger partial charge in [0.2, 0.25) is 0 Å². The van der Waals surface area contributed by atoms with Crippen molar-refractivity contribution in [1.29, 1.82) is 0 Å². The van der Waals surface area contributed by atoms with Gasteiger partial charge in [0.25, 0.3) is 0 Å². The molecule has 1 aliphatic rings. The molecule has 73 heavy (non-hydrogen) atoms. The van der Waals surface area contributed by atoms with E-state index in [1.807, 2.05) is 30.4 Å². The lowest BCUT2D eigenvalue weighted by Gasteiger charge is -2.40. The van der Waals surface area contributed by atoms with Gasteiger partial charge in [-0.1, -0.05) is 206 Å². The highest BCUT2D eigenvalue weighted by molar-refractivity contribution is 5.74. The second-order valence-electron chi connectivity index (χ2n) is 18.1. The number of rotatable bonds is 44. The van der Waals surface area contributed by atoms with E-state index >= 15 is 0 Å². The molecular formula is C61H94O12. The molecular weight excluding hydrogens is 925 g/mol. The maximum Gasteiger partial charge on any atom is 0.335 e. The molecule has 1 saturated heterocycles. The normalized spacial score (nSPS) is 19.3. The maximum atomic E-state index is 13.0. The summed E-state index contributed by atoms with van der Waals surface area (Å²) >= 11 is 0. The Bertz CT molecular complexity index is 1730. The first-order chi connectivity index (χ1) is 35.6. The van der Waals surface area contributed by atoms with Crippen LogP contribution in [0, 0.1) is 0 Å². The molecule has 0 aliphatic carbocycles. The molecule has 0 spiro atoms. The Labute approximate surface area is 439 Å². The highest BCUT2D eigenvalue weighted by Crippen LogP contribution is 2.26. The second-order valence-corrected chi connectivity index (χ2v) is 18.1. The first kappa shape index (κ1) is 66.1. The Morgan fingerprint density at radius 3 is 1.37 bits per heavy atom. The molecule has 1 heterocycles. The number of aliphatic hydroxyl groups is 2. The topological polar surface area (TPSA) is 175 Å². The molecule has 1 aliphatic heterocycles. The first-order valence-electron chi connectivity index (χ1n) is 27.5. The van der Waals surface area contributed by atoms with Gasteiger partial charge in [0.05, 0.1) is 13.0 Å². The van der Waals surface area contributed by atoms with Crippen LogP contribution in [0.1, 0.15) is 188 Å². The van der Waals surface area contributed by atoms with E-state index in [0.29, 0.717) is 25.7 Å². The van der Waals surface area contributed by atoms with Crippen LogP contribution in [-0.2, 0) is 42.9 Å². The number of allylic oxidation sites excluding steroid dienone is 19. The van der Waals surface area contributed by atoms with Gasteiger partial charge in [0.1, 0.15) is 18.8 Å². The molecule has 0 amide bonds. The number of hydrogen-bond acceptors (Lipinski definition) is 11. The van der Waals surface area contributed by atoms with E-state index in [9.17, 15) is 34.5 Å². The van der Waals surface area contributed by atoms with Crippen LogP contribution in [-0.4, -0.2) is 89.2 Å². The van der Waals surface area contributed by atoms with Gasteiger partial charge in [-0.25, -0.2) is 4.79 Å². The number of ether oxygens (including phenoxy) is 5. The third-order valence-corrected chi connectivity index (χ3v) is 11.6. The molecule has 3 N–H and O–H groups in total. The fourth-order valence-electron chi connectivity index (χ4n) is 7.42. The lowest BCUT2D eigenvalue weighted by atomic mass is 9.98. The monoisotopic (exact) mass is 1020 g/mol. The molecule has 0 radical (unpaired) electrons. The van der Waals surface area contributed by atoms with Crippen LogP contribution >= 0.6 is 0 Å². The minimum absolute atomic E-state index is 0.0402. The number of carbonyl (C=O) groups excluding carboxylic acids is 3. The van der Waals surface area contributed by atoms with Gasteiger partial charge in [0.15, 0.2) is 24.6 Å². The molecule has 6 atom stereocenters. The van der Waals surface area contributed by atoms with Crippen LogP contribution in [0.3, 0.4) is 0 Å². The summed E-state index contributed by atoms with van der Waals surface area (Å²) in [4.78, 5) is 50.9. The number of carbonyl (C=O) groups is 4. The van der Waals surface area contributed by atoms with Crippen LogP contribution in [0.15, 0.2) is 122 Å². The van der Waals surface area contributed by atoms with E-state index < -0.39 is 67.3 Å². The summed E-state index contributed by atoms with van der Waals surface area (Å²) in [5.41, 5.74) is 0. The standard InChI is InChI=1S/C61H94O12/c1-4-7-10-13-16-19-22-24-26-27-29-30-33-35-38-41-44-47-53(62)69-50-52(71-54(63)48-45-42-39-37-34-31-28-25-23-20-17-14-11-8-5-2)51-70-61-59(57(66)56(65)58(73-61)60(67)68)72-55(64)49-46-43-40-36-32-21-18-15-12-9-6-3/h7-8,10-11,16-17,19-20,24-26,28-30,34-35,37-38,42,45,52,56-59,61,65-66H,4-6,9,12-15,18,21-23,27,31-33,36,39-41,43-44,46-51H2,1-3H3,(H,67,68)/b10-7-,11-8-,19-16-,20-17-,26-24-,28-25-,30-29-,37-34-,38-35-,45-42-. The molecule has 1 fully saturated rings. The molecule has 0 aromatic rings. The summed E-state index contributed by atoms with van der Waals surface area (Å²) in [6.45, 7) is 5.58. The number of carboxylic acids is 1. The quantitative estimate of drug-likeness (QED) is 0.0228. The Balaban J connectivity index is 2.82. The number of unbranched alkanes of at least 4 members (excludes halogenated alkanes) is 11. The number of carboxylic acid groups (broad SMARTS) is 1. The van der Waals surface area contributed by atoms with Gasteiger partial charge in [0, 0.05) is 12.8 Å². The third kappa shape index (κ3) is 38.4. The zero-order chi connectivity index (χ0) is 53.3. The highest BCUT2D eigenvalue weighted by Gasteiger charge is 2.50. The zero-order valence-corrected chi connectivity index (χ0v) is 44.8. The molecule has 12 nitrogen and oxygen atoms in total. The van der Waals surface area contributed by atoms with Gasteiger partial charge in [-0.3, -0.25) is 14.4 Å². The van der Waals surface area contributed by atoms with E-state index in [4.69, 9.17) is 23.7 Å². The highest BCUT2D eigenvalue weighted by atomic mass is 16.7. The van der Waals surface area contributed by atoms with Gasteiger partial charge < -0.3 is 39.0 Å². The van der Waals surface area contributed by atoms with E-state index in [0.717, 1.165) is 83.5 Å². The van der Waals surface area contributed by atoms with E-state index in [-0.39, 0.29) is 25.9 Å². The van der Waals surface area contributed by atoms with E-state index in [1.54, 1.807) is 6.08 Å². The van der Waals surface area contributed by atoms with Crippen LogP contribution in [0.2, 0.25) is 0 Å². The largest absolute Gasteiger partial charge is 0.479 e. The molecule has 0 bridgehead atoms. The van der Waals surface area contributed by atoms with Crippen LogP contribution in [0.4, 0.5) is 0 Å². The number of hydrogen-bond donors (Lipinski definition) is 3. The third-order valence-electron chi connectivity index (χ3n) is 11.6. The van der Waals surface area contributed by atoms with Crippen LogP contribution in [0.25, 0.3) is 0 Å². The minimum atomic E-state index is -1.93. The van der Waals surface area contributed by atoms with E-state index in [1.165, 1.54) is 38.5 Å². The Kier molecular flexibility index (Phi) is 43.6. The summed E-state index contributed by atoms with van der Waals surface area (Å²) in [5, 5.41) is 31.4. The molecule has 6 unspecified atom stereocenters. The Morgan fingerprint density at radius 1 is 0.479 bits per heavy atom. The van der Waals surface area contributed by atoms with Crippen molar-refractivity contribution >= 4 is 23.9 Å². The Hall–Kier alpha value is -4.88. The maximum absolute atomic E-state index is 13.0. The van der Waals surface area contributed by atoms with Gasteiger partial charge in [-0.15, -0.1) is 0 Å². The summed E-state index contributed by atoms with van der Waals surface area (Å²) in [6, 6.07) is 0. The van der Waals surface area contributed by atoms with Crippen molar-refractivity contribution in [3.63, 3.8) is 0 Å². The smallest absolute Gasteiger partial charge is 0.335 e. The Morgan fingerprint density at radius 2 is 0.904 bits per heavy atom. The van der Waals surface area contributed by atoms with Gasteiger partial charge in [-0.05, 0) is 83.5 Å².